The Kier molecular flexibility index (Phi) is 4.17. The molecule has 1 aromatic carbocycles. The first-order valence-corrected chi connectivity index (χ1v) is 6.38. The van der Waals surface area contributed by atoms with Crippen LogP contribution in [0.1, 0.15) is 11.6 Å². The highest BCUT2D eigenvalue weighted by molar-refractivity contribution is 7.99. The van der Waals surface area contributed by atoms with Crippen molar-refractivity contribution in [1.29, 1.82) is 0 Å². The summed E-state index contributed by atoms with van der Waals surface area (Å²) in [5.41, 5.74) is 3.22. The van der Waals surface area contributed by atoms with E-state index in [0.717, 1.165) is 11.5 Å². The predicted molar refractivity (Wildman–Crippen MR) is 63.5 cm³/mol. The Labute approximate surface area is 98.5 Å². The van der Waals surface area contributed by atoms with Gasteiger partial charge in [0.1, 0.15) is 5.82 Å². The van der Waals surface area contributed by atoms with Gasteiger partial charge in [-0.05, 0) is 6.07 Å². The number of nitrogens with one attached hydrogen (secondary N) is 1. The Morgan fingerprint density at radius 2 is 2.31 bits per heavy atom. The van der Waals surface area contributed by atoms with Gasteiger partial charge in [0.05, 0.1) is 18.8 Å². The molecular weight excluding hydrogens is 227 g/mol. The molecule has 3 nitrogen and oxygen atoms in total. The molecule has 0 aromatic heterocycles. The minimum Gasteiger partial charge on any atom is -0.374 e. The lowest BCUT2D eigenvalue weighted by atomic mass is 10.0. The van der Waals surface area contributed by atoms with Crippen molar-refractivity contribution < 1.29 is 9.13 Å². The van der Waals surface area contributed by atoms with E-state index in [1.807, 2.05) is 0 Å². The van der Waals surface area contributed by atoms with Crippen molar-refractivity contribution in [3.05, 3.63) is 35.6 Å². The molecule has 0 amide bonds. The summed E-state index contributed by atoms with van der Waals surface area (Å²) in [6.45, 7) is 0.696. The molecule has 1 aliphatic rings. The van der Waals surface area contributed by atoms with E-state index in [4.69, 9.17) is 10.6 Å². The normalized spacial score (nSPS) is 23.0. The smallest absolute Gasteiger partial charge is 0.128 e. The first kappa shape index (κ1) is 11.9. The van der Waals surface area contributed by atoms with Crippen LogP contribution in [0.2, 0.25) is 0 Å². The number of ether oxygens (including phenoxy) is 1. The summed E-state index contributed by atoms with van der Waals surface area (Å²) < 4.78 is 19.2. The van der Waals surface area contributed by atoms with Crippen molar-refractivity contribution in [3.63, 3.8) is 0 Å². The van der Waals surface area contributed by atoms with Crippen molar-refractivity contribution in [3.8, 4) is 0 Å². The standard InChI is InChI=1S/C11H15FN2OS/c12-9-4-2-1-3-8(9)11(14-13)10-7-16-6-5-15-10/h1-4,10-11,14H,5-7,13H2. The second-order valence-electron chi connectivity index (χ2n) is 3.65. The van der Waals surface area contributed by atoms with Gasteiger partial charge in [-0.15, -0.1) is 0 Å². The van der Waals surface area contributed by atoms with E-state index in [-0.39, 0.29) is 18.0 Å². The molecule has 0 aliphatic carbocycles. The average molecular weight is 242 g/mol. The van der Waals surface area contributed by atoms with E-state index >= 15 is 0 Å². The minimum absolute atomic E-state index is 0.0688. The van der Waals surface area contributed by atoms with Crippen LogP contribution in [-0.2, 0) is 4.74 Å². The van der Waals surface area contributed by atoms with Crippen LogP contribution >= 0.6 is 11.8 Å². The first-order chi connectivity index (χ1) is 7.83. The van der Waals surface area contributed by atoms with Gasteiger partial charge in [0.15, 0.2) is 0 Å². The predicted octanol–water partition coefficient (Wildman–Crippen LogP) is 1.46. The van der Waals surface area contributed by atoms with E-state index in [0.29, 0.717) is 12.2 Å². The zero-order chi connectivity index (χ0) is 11.4. The van der Waals surface area contributed by atoms with Gasteiger partial charge in [0.2, 0.25) is 0 Å². The maximum Gasteiger partial charge on any atom is 0.128 e. The third-order valence-corrected chi connectivity index (χ3v) is 3.65. The van der Waals surface area contributed by atoms with Gasteiger partial charge >= 0.3 is 0 Å². The topological polar surface area (TPSA) is 47.3 Å². The summed E-state index contributed by atoms with van der Waals surface area (Å²) in [5, 5.41) is 0. The molecule has 0 spiro atoms. The van der Waals surface area contributed by atoms with E-state index in [1.165, 1.54) is 6.07 Å². The van der Waals surface area contributed by atoms with Crippen LogP contribution in [0.4, 0.5) is 4.39 Å². The SMILES string of the molecule is NNC(c1ccccc1F)C1CSCCO1. The fraction of sp³-hybridized carbons (Fsp3) is 0.455. The van der Waals surface area contributed by atoms with E-state index in [9.17, 15) is 4.39 Å². The van der Waals surface area contributed by atoms with E-state index in [1.54, 1.807) is 30.0 Å². The Hall–Kier alpha value is -0.620. The molecule has 0 bridgehead atoms. The molecule has 1 aliphatic heterocycles. The molecular formula is C11H15FN2OS. The van der Waals surface area contributed by atoms with Crippen LogP contribution in [0.25, 0.3) is 0 Å². The number of nitrogens with two attached hydrogens (primary N) is 1. The maximum absolute atomic E-state index is 13.6. The molecule has 1 aromatic rings. The number of halogens is 1. The summed E-state index contributed by atoms with van der Waals surface area (Å²) in [6, 6.07) is 6.37. The van der Waals surface area contributed by atoms with Crippen LogP contribution in [-0.4, -0.2) is 24.2 Å². The Bertz CT molecular complexity index is 345. The number of thioether (sulfide) groups is 1. The lowest BCUT2D eigenvalue weighted by Gasteiger charge is -2.30. The van der Waals surface area contributed by atoms with Gasteiger partial charge in [-0.25, -0.2) is 4.39 Å². The number of benzene rings is 1. The highest BCUT2D eigenvalue weighted by Gasteiger charge is 2.27. The van der Waals surface area contributed by atoms with Crippen LogP contribution in [0.5, 0.6) is 0 Å². The van der Waals surface area contributed by atoms with Crippen molar-refractivity contribution in [1.82, 2.24) is 5.43 Å². The molecule has 5 heteroatoms. The molecule has 2 atom stereocenters. The molecule has 0 saturated carbocycles. The number of hydrazine groups is 1. The van der Waals surface area contributed by atoms with Crippen molar-refractivity contribution >= 4 is 11.8 Å². The number of hydrogen-bond acceptors (Lipinski definition) is 4. The van der Waals surface area contributed by atoms with Crippen molar-refractivity contribution in [2.75, 3.05) is 18.1 Å². The molecule has 0 radical (unpaired) electrons. The fourth-order valence-electron chi connectivity index (χ4n) is 1.82. The highest BCUT2D eigenvalue weighted by Crippen LogP contribution is 2.26. The molecule has 2 rings (SSSR count). The molecule has 88 valence electrons. The molecule has 1 saturated heterocycles. The summed E-state index contributed by atoms with van der Waals surface area (Å²) in [4.78, 5) is 0. The number of hydrogen-bond donors (Lipinski definition) is 2. The van der Waals surface area contributed by atoms with Crippen molar-refractivity contribution in [2.24, 2.45) is 5.84 Å². The van der Waals surface area contributed by atoms with Crippen LogP contribution in [0, 0.1) is 5.82 Å². The summed E-state index contributed by atoms with van der Waals surface area (Å²) >= 11 is 1.80. The summed E-state index contributed by atoms with van der Waals surface area (Å²) in [5.74, 6) is 7.08. The average Bonchev–Trinajstić information content (AvgIpc) is 2.34. The second-order valence-corrected chi connectivity index (χ2v) is 4.80. The van der Waals surface area contributed by atoms with E-state index < -0.39 is 0 Å². The van der Waals surface area contributed by atoms with Crippen molar-refractivity contribution in [2.45, 2.75) is 12.1 Å². The Morgan fingerprint density at radius 3 is 2.94 bits per heavy atom. The lowest BCUT2D eigenvalue weighted by molar-refractivity contribution is 0.0458. The Balaban J connectivity index is 2.18. The highest BCUT2D eigenvalue weighted by atomic mass is 32.2. The zero-order valence-electron chi connectivity index (χ0n) is 8.86. The molecule has 2 unspecified atom stereocenters. The quantitative estimate of drug-likeness (QED) is 0.622. The van der Waals surface area contributed by atoms with Crippen LogP contribution < -0.4 is 11.3 Å². The van der Waals surface area contributed by atoms with Crippen LogP contribution in [0.15, 0.2) is 24.3 Å². The third-order valence-electron chi connectivity index (χ3n) is 2.63. The van der Waals surface area contributed by atoms with E-state index in [2.05, 4.69) is 5.43 Å². The largest absolute Gasteiger partial charge is 0.374 e. The Morgan fingerprint density at radius 1 is 1.50 bits per heavy atom. The van der Waals surface area contributed by atoms with Gasteiger partial charge in [-0.1, -0.05) is 18.2 Å². The fourth-order valence-corrected chi connectivity index (χ4v) is 2.72. The van der Waals surface area contributed by atoms with Crippen LogP contribution in [0.3, 0.4) is 0 Å². The molecule has 3 N–H and O–H groups in total. The maximum atomic E-state index is 13.6. The number of rotatable bonds is 3. The lowest BCUT2D eigenvalue weighted by Crippen LogP contribution is -2.41. The summed E-state index contributed by atoms with van der Waals surface area (Å²) in [6.07, 6.45) is -0.0688. The van der Waals surface area contributed by atoms with Gasteiger partial charge < -0.3 is 4.74 Å². The first-order valence-electron chi connectivity index (χ1n) is 5.23. The molecule has 1 fully saturated rings. The van der Waals surface area contributed by atoms with Gasteiger partial charge in [-0.3, -0.25) is 11.3 Å². The third kappa shape index (κ3) is 2.55. The second kappa shape index (κ2) is 5.63. The monoisotopic (exact) mass is 242 g/mol. The summed E-state index contributed by atoms with van der Waals surface area (Å²) in [7, 11) is 0. The van der Waals surface area contributed by atoms with Gasteiger partial charge in [-0.2, -0.15) is 11.8 Å². The zero-order valence-corrected chi connectivity index (χ0v) is 9.67. The molecule has 16 heavy (non-hydrogen) atoms. The molecule has 1 heterocycles. The minimum atomic E-state index is -0.283. The van der Waals surface area contributed by atoms with Gasteiger partial charge in [0, 0.05) is 17.1 Å². The van der Waals surface area contributed by atoms with Gasteiger partial charge in [0.25, 0.3) is 0 Å².